The molecule has 1 N–H and O–H groups in total. The molecule has 2 amide bonds. The maximum Gasteiger partial charge on any atom is 0.417 e. The van der Waals surface area contributed by atoms with Crippen molar-refractivity contribution in [2.24, 2.45) is 0 Å². The summed E-state index contributed by atoms with van der Waals surface area (Å²) in [5.41, 5.74) is -0.821. The summed E-state index contributed by atoms with van der Waals surface area (Å²) in [5, 5.41) is 4.73. The van der Waals surface area contributed by atoms with Crippen LogP contribution < -0.4 is 10.1 Å². The second kappa shape index (κ2) is 6.68. The van der Waals surface area contributed by atoms with E-state index in [4.69, 9.17) is 4.74 Å². The molecule has 1 fully saturated rings. The second-order valence-corrected chi connectivity index (χ2v) is 6.30. The van der Waals surface area contributed by atoms with Crippen molar-refractivity contribution < 1.29 is 22.7 Å². The molecule has 1 saturated heterocycles. The molecule has 128 valence electrons. The van der Waals surface area contributed by atoms with Crippen molar-refractivity contribution in [1.82, 2.24) is 15.2 Å². The molecule has 0 spiro atoms. The fraction of sp³-hybridized carbons (Fsp3) is 0.333. The number of amides is 2. The van der Waals surface area contributed by atoms with Crippen molar-refractivity contribution in [3.63, 3.8) is 0 Å². The minimum atomic E-state index is -4.42. The van der Waals surface area contributed by atoms with Gasteiger partial charge >= 0.3 is 12.2 Å². The molecule has 1 aliphatic heterocycles. The predicted octanol–water partition coefficient (Wildman–Crippen LogP) is 3.13. The second-order valence-electron chi connectivity index (χ2n) is 5.27. The monoisotopic (exact) mass is 357 g/mol. The van der Waals surface area contributed by atoms with Gasteiger partial charge in [-0.25, -0.2) is 9.78 Å². The number of urea groups is 1. The average Bonchev–Trinajstić information content (AvgIpc) is 3.01. The van der Waals surface area contributed by atoms with E-state index in [9.17, 15) is 18.0 Å². The Morgan fingerprint density at radius 2 is 2.17 bits per heavy atom. The van der Waals surface area contributed by atoms with E-state index in [0.29, 0.717) is 19.6 Å². The lowest BCUT2D eigenvalue weighted by molar-refractivity contribution is -0.137. The van der Waals surface area contributed by atoms with Crippen molar-refractivity contribution in [1.29, 1.82) is 0 Å². The first-order valence-electron chi connectivity index (χ1n) is 7.17. The number of carbonyl (C=O) groups excluding carboxylic acids is 1. The van der Waals surface area contributed by atoms with Crippen molar-refractivity contribution in [3.8, 4) is 5.88 Å². The Labute approximate surface area is 140 Å². The molecular weight excluding hydrogens is 343 g/mol. The van der Waals surface area contributed by atoms with E-state index in [1.165, 1.54) is 6.07 Å². The SMILES string of the molecule is O=C(NCc1cccs1)N1CC(Oc2ccc(C(F)(F)F)cn2)C1. The molecule has 1 aliphatic rings. The average molecular weight is 357 g/mol. The summed E-state index contributed by atoms with van der Waals surface area (Å²) in [5.74, 6) is 0.117. The van der Waals surface area contributed by atoms with Crippen molar-refractivity contribution in [2.45, 2.75) is 18.8 Å². The fourth-order valence-corrected chi connectivity index (χ4v) is 2.80. The minimum Gasteiger partial charge on any atom is -0.471 e. The maximum atomic E-state index is 12.4. The zero-order chi connectivity index (χ0) is 17.2. The highest BCUT2D eigenvalue weighted by molar-refractivity contribution is 7.09. The highest BCUT2D eigenvalue weighted by atomic mass is 32.1. The zero-order valence-electron chi connectivity index (χ0n) is 12.4. The van der Waals surface area contributed by atoms with Crippen molar-refractivity contribution >= 4 is 17.4 Å². The fourth-order valence-electron chi connectivity index (χ4n) is 2.15. The summed E-state index contributed by atoms with van der Waals surface area (Å²) in [6, 6.07) is 5.76. The summed E-state index contributed by atoms with van der Waals surface area (Å²) >= 11 is 1.56. The summed E-state index contributed by atoms with van der Waals surface area (Å²) in [4.78, 5) is 18.2. The number of likely N-dealkylation sites (tertiary alicyclic amines) is 1. The Morgan fingerprint density at radius 3 is 2.75 bits per heavy atom. The molecule has 0 unspecified atom stereocenters. The molecule has 5 nitrogen and oxygen atoms in total. The largest absolute Gasteiger partial charge is 0.471 e. The summed E-state index contributed by atoms with van der Waals surface area (Å²) in [6.45, 7) is 1.22. The van der Waals surface area contributed by atoms with Gasteiger partial charge in [-0.15, -0.1) is 11.3 Å². The summed E-state index contributed by atoms with van der Waals surface area (Å²) in [6.07, 6.45) is -3.94. The third kappa shape index (κ3) is 3.97. The molecule has 0 aromatic carbocycles. The van der Waals surface area contributed by atoms with E-state index in [0.717, 1.165) is 17.1 Å². The normalized spacial score (nSPS) is 15.0. The van der Waals surface area contributed by atoms with Crippen LogP contribution in [0.5, 0.6) is 5.88 Å². The highest BCUT2D eigenvalue weighted by Gasteiger charge is 2.33. The molecule has 2 aromatic heterocycles. The highest BCUT2D eigenvalue weighted by Crippen LogP contribution is 2.29. The molecule has 3 heterocycles. The molecule has 0 bridgehead atoms. The standard InChI is InChI=1S/C15H14F3N3O2S/c16-15(17,18)10-3-4-13(19-6-10)23-11-8-21(9-11)14(22)20-7-12-2-1-5-24-12/h1-6,11H,7-9H2,(H,20,22). The number of halogens is 3. The number of hydrogen-bond donors (Lipinski definition) is 1. The smallest absolute Gasteiger partial charge is 0.417 e. The first-order chi connectivity index (χ1) is 11.4. The van der Waals surface area contributed by atoms with E-state index in [1.807, 2.05) is 17.5 Å². The number of nitrogens with zero attached hydrogens (tertiary/aromatic N) is 2. The first kappa shape index (κ1) is 16.6. The van der Waals surface area contributed by atoms with Crippen molar-refractivity contribution in [2.75, 3.05) is 13.1 Å². The van der Waals surface area contributed by atoms with Gasteiger partial charge in [0, 0.05) is 17.1 Å². The molecule has 3 rings (SSSR count). The number of ether oxygens (including phenoxy) is 1. The molecular formula is C15H14F3N3O2S. The van der Waals surface area contributed by atoms with E-state index in [1.54, 1.807) is 16.2 Å². The number of thiophene rings is 1. The quantitative estimate of drug-likeness (QED) is 0.915. The van der Waals surface area contributed by atoms with E-state index in [-0.39, 0.29) is 18.0 Å². The van der Waals surface area contributed by atoms with Crippen LogP contribution in [-0.2, 0) is 12.7 Å². The lowest BCUT2D eigenvalue weighted by Gasteiger charge is -2.38. The number of carbonyl (C=O) groups is 1. The molecule has 24 heavy (non-hydrogen) atoms. The number of hydrogen-bond acceptors (Lipinski definition) is 4. The van der Waals surface area contributed by atoms with Crippen molar-refractivity contribution in [3.05, 3.63) is 46.3 Å². The van der Waals surface area contributed by atoms with Gasteiger partial charge in [-0.1, -0.05) is 6.07 Å². The minimum absolute atomic E-state index is 0.117. The Bertz CT molecular complexity index is 683. The van der Waals surface area contributed by atoms with E-state index >= 15 is 0 Å². The topological polar surface area (TPSA) is 54.5 Å². The van der Waals surface area contributed by atoms with Gasteiger partial charge < -0.3 is 15.0 Å². The summed E-state index contributed by atoms with van der Waals surface area (Å²) in [7, 11) is 0. The number of rotatable bonds is 4. The van der Waals surface area contributed by atoms with Crippen LogP contribution in [0.25, 0.3) is 0 Å². The molecule has 0 saturated carbocycles. The van der Waals surface area contributed by atoms with Gasteiger partial charge in [-0.2, -0.15) is 13.2 Å². The Morgan fingerprint density at radius 1 is 1.38 bits per heavy atom. The van der Waals surface area contributed by atoms with E-state index in [2.05, 4.69) is 10.3 Å². The number of alkyl halides is 3. The van der Waals surface area contributed by atoms with Gasteiger partial charge in [0.05, 0.1) is 25.2 Å². The molecule has 0 aliphatic carbocycles. The predicted molar refractivity (Wildman–Crippen MR) is 81.8 cm³/mol. The first-order valence-corrected chi connectivity index (χ1v) is 8.05. The molecule has 0 radical (unpaired) electrons. The Balaban J connectivity index is 1.42. The summed E-state index contributed by atoms with van der Waals surface area (Å²) < 4.78 is 42.8. The van der Waals surface area contributed by atoms with Gasteiger partial charge in [0.25, 0.3) is 0 Å². The van der Waals surface area contributed by atoms with Gasteiger partial charge in [0.1, 0.15) is 6.10 Å². The van der Waals surface area contributed by atoms with Crippen LogP contribution in [0, 0.1) is 0 Å². The van der Waals surface area contributed by atoms with Gasteiger partial charge in [-0.05, 0) is 17.5 Å². The zero-order valence-corrected chi connectivity index (χ0v) is 13.2. The van der Waals surface area contributed by atoms with Crippen LogP contribution in [-0.4, -0.2) is 35.1 Å². The van der Waals surface area contributed by atoms with Crippen LogP contribution in [0.4, 0.5) is 18.0 Å². The molecule has 9 heteroatoms. The number of pyridine rings is 1. The van der Waals surface area contributed by atoms with Gasteiger partial charge in [-0.3, -0.25) is 0 Å². The molecule has 2 aromatic rings. The van der Waals surface area contributed by atoms with Crippen LogP contribution >= 0.6 is 11.3 Å². The van der Waals surface area contributed by atoms with Crippen LogP contribution in [0.2, 0.25) is 0 Å². The third-order valence-electron chi connectivity index (χ3n) is 3.48. The number of nitrogens with one attached hydrogen (secondary N) is 1. The number of aromatic nitrogens is 1. The lowest BCUT2D eigenvalue weighted by Crippen LogP contribution is -2.58. The molecule has 0 atom stereocenters. The Hall–Kier alpha value is -2.29. The van der Waals surface area contributed by atoms with Crippen LogP contribution in [0.15, 0.2) is 35.8 Å². The van der Waals surface area contributed by atoms with E-state index < -0.39 is 11.7 Å². The van der Waals surface area contributed by atoms with Crippen LogP contribution in [0.1, 0.15) is 10.4 Å². The van der Waals surface area contributed by atoms with Gasteiger partial charge in [0.2, 0.25) is 5.88 Å². The van der Waals surface area contributed by atoms with Gasteiger partial charge in [0.15, 0.2) is 0 Å². The Kier molecular flexibility index (Phi) is 4.61. The van der Waals surface area contributed by atoms with Crippen LogP contribution in [0.3, 0.4) is 0 Å². The lowest BCUT2D eigenvalue weighted by atomic mass is 10.2. The third-order valence-corrected chi connectivity index (χ3v) is 4.36. The maximum absolute atomic E-state index is 12.4.